The van der Waals surface area contributed by atoms with Crippen LogP contribution in [0.25, 0.3) is 0 Å². The minimum absolute atomic E-state index is 0.528. The minimum atomic E-state index is -0.792. The molecule has 0 bridgehead atoms. The molecule has 0 aromatic heterocycles. The normalized spacial score (nSPS) is 12.0. The van der Waals surface area contributed by atoms with Crippen LogP contribution in [0.3, 0.4) is 0 Å². The molecule has 37 valence electrons. The van der Waals surface area contributed by atoms with Crippen LogP contribution in [0.5, 0.6) is 0 Å². The van der Waals surface area contributed by atoms with E-state index in [2.05, 4.69) is 15.9 Å². The third-order valence-electron chi connectivity index (χ3n) is 0.322. The van der Waals surface area contributed by atoms with Gasteiger partial charge in [0.25, 0.3) is 0 Å². The minimum Gasteiger partial charge on any atom is -0.229 e. The Labute approximate surface area is 46.5 Å². The average Bonchev–Trinajstić information content (AvgIpc) is 1.35. The van der Waals surface area contributed by atoms with Crippen LogP contribution in [0.4, 0.5) is 0 Å². The first-order chi connectivity index (χ1) is 2.56. The monoisotopic (exact) mass is 151 g/mol. The van der Waals surface area contributed by atoms with Crippen LogP contribution < -0.4 is 0 Å². The predicted octanol–water partition coefficient (Wildman–Crippen LogP) is 1.59. The highest BCUT2D eigenvalue weighted by Crippen LogP contribution is 2.04. The third-order valence-corrected chi connectivity index (χ3v) is 1.67. The number of alkyl halides is 1. The van der Waals surface area contributed by atoms with Crippen LogP contribution in [0.1, 0.15) is 13.8 Å². The Hall–Kier alpha value is 0.440. The topological polar surface area (TPSA) is 19.9 Å². The summed E-state index contributed by atoms with van der Waals surface area (Å²) < 4.78 is 0. The maximum absolute atomic E-state index is 10.4. The Bertz CT molecular complexity index is 37.3. The molecule has 0 spiro atoms. The number of hydrogen-bond donors (Lipinski definition) is 0. The molecule has 0 saturated carbocycles. The van der Waals surface area contributed by atoms with Gasteiger partial charge >= 0.3 is 0 Å². The van der Waals surface area contributed by atoms with Gasteiger partial charge in [0.2, 0.25) is 0 Å². The molecule has 1 nitrogen and oxygen atoms in total. The number of rotatable bonds is 1. The van der Waals surface area contributed by atoms with Gasteiger partial charge in [-0.2, -0.15) is 0 Å². The molecule has 0 aliphatic carbocycles. The van der Waals surface area contributed by atoms with Crippen LogP contribution in [0.2, 0.25) is 0 Å². The summed E-state index contributed by atoms with van der Waals surface area (Å²) in [4.78, 5) is 0. The first-order valence-electron chi connectivity index (χ1n) is 1.82. The van der Waals surface area contributed by atoms with Gasteiger partial charge in [-0.15, -0.1) is 0 Å². The second-order valence-corrected chi connectivity index (χ2v) is 2.45. The Morgan fingerprint density at radius 3 is 1.83 bits per heavy atom. The van der Waals surface area contributed by atoms with Crippen molar-refractivity contribution in [2.75, 3.05) is 5.33 Å². The number of hydrogen-bond acceptors (Lipinski definition) is 0. The summed E-state index contributed by atoms with van der Waals surface area (Å²) >= 11 is 3.06. The van der Waals surface area contributed by atoms with E-state index >= 15 is 0 Å². The largest absolute Gasteiger partial charge is 0.229 e. The average molecular weight is 152 g/mol. The summed E-state index contributed by atoms with van der Waals surface area (Å²) in [6, 6.07) is 0. The highest BCUT2D eigenvalue weighted by atomic mass is 79.9. The zero-order valence-electron chi connectivity index (χ0n) is 3.99. The van der Waals surface area contributed by atoms with E-state index in [4.69, 9.17) is 0 Å². The molecule has 0 amide bonds. The smallest absolute Gasteiger partial charge is 0.108 e. The molecule has 0 saturated heterocycles. The predicted molar refractivity (Wildman–Crippen MR) is 28.6 cm³/mol. The van der Waals surface area contributed by atoms with Crippen molar-refractivity contribution < 1.29 is 5.11 Å². The lowest BCUT2D eigenvalue weighted by atomic mass is 10.2. The molecule has 0 unspecified atom stereocenters. The van der Waals surface area contributed by atoms with E-state index < -0.39 is 5.60 Å². The van der Waals surface area contributed by atoms with Crippen molar-refractivity contribution in [3.8, 4) is 0 Å². The van der Waals surface area contributed by atoms with Crippen LogP contribution >= 0.6 is 15.9 Å². The summed E-state index contributed by atoms with van der Waals surface area (Å²) in [5, 5.41) is 11.0. The maximum atomic E-state index is 10.4. The second-order valence-electron chi connectivity index (χ2n) is 1.89. The highest BCUT2D eigenvalue weighted by molar-refractivity contribution is 9.09. The summed E-state index contributed by atoms with van der Waals surface area (Å²) in [5.41, 5.74) is -0.792. The number of halogens is 1. The van der Waals surface area contributed by atoms with Crippen molar-refractivity contribution >= 4 is 15.9 Å². The second kappa shape index (κ2) is 1.94. The quantitative estimate of drug-likeness (QED) is 0.508. The van der Waals surface area contributed by atoms with Crippen LogP contribution in [0.15, 0.2) is 0 Å². The molecule has 0 atom stereocenters. The lowest BCUT2D eigenvalue weighted by molar-refractivity contribution is 0.0275. The van der Waals surface area contributed by atoms with E-state index in [0.717, 1.165) is 0 Å². The van der Waals surface area contributed by atoms with Crippen LogP contribution in [-0.2, 0) is 5.11 Å². The van der Waals surface area contributed by atoms with Crippen molar-refractivity contribution in [3.63, 3.8) is 0 Å². The molecule has 0 rings (SSSR count). The maximum Gasteiger partial charge on any atom is 0.108 e. The summed E-state index contributed by atoms with van der Waals surface area (Å²) in [5.74, 6) is 0. The van der Waals surface area contributed by atoms with Crippen molar-refractivity contribution in [2.45, 2.75) is 19.4 Å². The Kier molecular flexibility index (Phi) is 2.08. The van der Waals surface area contributed by atoms with Crippen molar-refractivity contribution in [2.24, 2.45) is 0 Å². The van der Waals surface area contributed by atoms with Gasteiger partial charge in [0.05, 0.1) is 0 Å². The molecule has 2 heteroatoms. The van der Waals surface area contributed by atoms with E-state index in [0.29, 0.717) is 5.33 Å². The molecular weight excluding hydrogens is 144 g/mol. The van der Waals surface area contributed by atoms with Gasteiger partial charge in [-0.1, -0.05) is 15.9 Å². The zero-order chi connectivity index (χ0) is 5.21. The van der Waals surface area contributed by atoms with Gasteiger partial charge in [0.15, 0.2) is 0 Å². The van der Waals surface area contributed by atoms with E-state index in [1.54, 1.807) is 13.8 Å². The third kappa shape index (κ3) is 4.44. The van der Waals surface area contributed by atoms with E-state index in [9.17, 15) is 5.11 Å². The van der Waals surface area contributed by atoms with Crippen LogP contribution in [-0.4, -0.2) is 10.9 Å². The fraction of sp³-hybridized carbons (Fsp3) is 1.00. The molecular formula is C4H8BrO. The molecule has 0 fully saturated rings. The summed E-state index contributed by atoms with van der Waals surface area (Å²) in [7, 11) is 0. The molecule has 0 aromatic rings. The molecule has 0 aliphatic heterocycles. The van der Waals surface area contributed by atoms with Gasteiger partial charge in [-0.25, -0.2) is 5.11 Å². The molecule has 0 aliphatic rings. The molecule has 0 N–H and O–H groups in total. The van der Waals surface area contributed by atoms with Crippen molar-refractivity contribution in [3.05, 3.63) is 0 Å². The SMILES string of the molecule is CC(C)([O])CBr. The van der Waals surface area contributed by atoms with Crippen molar-refractivity contribution in [1.29, 1.82) is 0 Å². The lowest BCUT2D eigenvalue weighted by Crippen LogP contribution is -2.17. The fourth-order valence-corrected chi connectivity index (χ4v) is 0. The van der Waals surface area contributed by atoms with Gasteiger partial charge in [-0.3, -0.25) is 0 Å². The van der Waals surface area contributed by atoms with Crippen LogP contribution in [0, 0.1) is 0 Å². The molecule has 6 heavy (non-hydrogen) atoms. The van der Waals surface area contributed by atoms with E-state index in [1.807, 2.05) is 0 Å². The summed E-state index contributed by atoms with van der Waals surface area (Å²) in [6.45, 7) is 3.28. The Morgan fingerprint density at radius 2 is 1.83 bits per heavy atom. The van der Waals surface area contributed by atoms with Gasteiger partial charge in [0, 0.05) is 5.33 Å². The Morgan fingerprint density at radius 1 is 1.67 bits per heavy atom. The molecule has 1 radical (unpaired) electrons. The summed E-state index contributed by atoms with van der Waals surface area (Å²) in [6.07, 6.45) is 0. The highest BCUT2D eigenvalue weighted by Gasteiger charge is 2.10. The van der Waals surface area contributed by atoms with Gasteiger partial charge in [0.1, 0.15) is 5.60 Å². The molecule has 0 heterocycles. The van der Waals surface area contributed by atoms with Crippen molar-refractivity contribution in [1.82, 2.24) is 0 Å². The fourth-order valence-electron chi connectivity index (χ4n) is 0. The zero-order valence-corrected chi connectivity index (χ0v) is 5.58. The van der Waals surface area contributed by atoms with Gasteiger partial charge in [-0.05, 0) is 13.8 Å². The standard InChI is InChI=1S/C4H8BrO/c1-4(2,6)3-5/h3H2,1-2H3. The first-order valence-corrected chi connectivity index (χ1v) is 2.95. The van der Waals surface area contributed by atoms with E-state index in [-0.39, 0.29) is 0 Å². The van der Waals surface area contributed by atoms with Gasteiger partial charge < -0.3 is 0 Å². The lowest BCUT2D eigenvalue weighted by Gasteiger charge is -2.06. The Balaban J connectivity index is 3.17. The first kappa shape index (κ1) is 6.44. The molecule has 0 aromatic carbocycles. The van der Waals surface area contributed by atoms with E-state index in [1.165, 1.54) is 0 Å².